The maximum atomic E-state index is 8.83. The molecule has 2 heteroatoms. The Morgan fingerprint density at radius 3 is 2.78 bits per heavy atom. The van der Waals surface area contributed by atoms with Crippen molar-refractivity contribution in [2.24, 2.45) is 0 Å². The fourth-order valence-corrected chi connectivity index (χ4v) is 0.535. The second-order valence-electron chi connectivity index (χ2n) is 1.89. The van der Waals surface area contributed by atoms with Crippen LogP contribution in [0, 0.1) is 11.3 Å². The summed E-state index contributed by atoms with van der Waals surface area (Å²) in [4.78, 5) is 0. The fourth-order valence-electron chi connectivity index (χ4n) is 0.535. The minimum absolute atomic E-state index is 0.736. The smallest absolute Gasteiger partial charge is 0.161 e. The molecular weight excluding hydrogens is 114 g/mol. The van der Waals surface area contributed by atoms with Gasteiger partial charge < -0.3 is 5.11 Å². The molecule has 2 nitrogen and oxygen atoms in total. The Morgan fingerprint density at radius 2 is 2.44 bits per heavy atom. The standard InChI is InChI=1S/C7H11NO/c1-3-4-6(2)7(9)5-8/h4,7,9H,3H2,1-2H3/b6-4+. The van der Waals surface area contributed by atoms with E-state index in [9.17, 15) is 0 Å². The van der Waals surface area contributed by atoms with E-state index in [1.165, 1.54) is 0 Å². The number of hydrogen-bond donors (Lipinski definition) is 1. The SMILES string of the molecule is CC/C=C(\C)C(O)C#N. The molecule has 0 bridgehead atoms. The number of aliphatic hydroxyl groups is 1. The van der Waals surface area contributed by atoms with Gasteiger partial charge in [0.15, 0.2) is 6.10 Å². The van der Waals surface area contributed by atoms with Crippen LogP contribution in [-0.4, -0.2) is 11.2 Å². The zero-order chi connectivity index (χ0) is 7.28. The van der Waals surface area contributed by atoms with Gasteiger partial charge in [0.25, 0.3) is 0 Å². The topological polar surface area (TPSA) is 44.0 Å². The van der Waals surface area contributed by atoms with Gasteiger partial charge in [0.2, 0.25) is 0 Å². The molecule has 1 unspecified atom stereocenters. The van der Waals surface area contributed by atoms with Gasteiger partial charge in [-0.3, -0.25) is 0 Å². The van der Waals surface area contributed by atoms with Crippen LogP contribution >= 0.6 is 0 Å². The zero-order valence-electron chi connectivity index (χ0n) is 5.76. The van der Waals surface area contributed by atoms with E-state index < -0.39 is 6.10 Å². The number of nitrogens with zero attached hydrogens (tertiary/aromatic N) is 1. The molecule has 0 aromatic heterocycles. The minimum atomic E-state index is -0.912. The van der Waals surface area contributed by atoms with E-state index in [1.807, 2.05) is 13.0 Å². The molecule has 50 valence electrons. The van der Waals surface area contributed by atoms with E-state index in [0.717, 1.165) is 12.0 Å². The Hall–Kier alpha value is -0.810. The van der Waals surface area contributed by atoms with Gasteiger partial charge in [0.1, 0.15) is 0 Å². The Labute approximate surface area is 55.4 Å². The number of rotatable bonds is 2. The summed E-state index contributed by atoms with van der Waals surface area (Å²) in [6, 6.07) is 1.74. The van der Waals surface area contributed by atoms with E-state index >= 15 is 0 Å². The van der Waals surface area contributed by atoms with Crippen molar-refractivity contribution in [1.82, 2.24) is 0 Å². The summed E-state index contributed by atoms with van der Waals surface area (Å²) in [5, 5.41) is 17.0. The van der Waals surface area contributed by atoms with Crippen molar-refractivity contribution < 1.29 is 5.11 Å². The van der Waals surface area contributed by atoms with Crippen LogP contribution in [0.3, 0.4) is 0 Å². The first-order chi connectivity index (χ1) is 4.22. The maximum absolute atomic E-state index is 8.83. The molecule has 9 heavy (non-hydrogen) atoms. The van der Waals surface area contributed by atoms with Crippen LogP contribution in [0.4, 0.5) is 0 Å². The Balaban J connectivity index is 3.89. The average molecular weight is 125 g/mol. The normalized spacial score (nSPS) is 14.7. The molecule has 0 aromatic carbocycles. The van der Waals surface area contributed by atoms with E-state index in [2.05, 4.69) is 0 Å². The molecule has 0 aliphatic carbocycles. The quantitative estimate of drug-likeness (QED) is 0.445. The molecule has 0 amide bonds. The Morgan fingerprint density at radius 1 is 1.89 bits per heavy atom. The molecule has 0 saturated carbocycles. The van der Waals surface area contributed by atoms with Crippen LogP contribution < -0.4 is 0 Å². The van der Waals surface area contributed by atoms with Gasteiger partial charge in [-0.1, -0.05) is 13.0 Å². The molecular formula is C7H11NO. The predicted octanol–water partition coefficient (Wildman–Crippen LogP) is 1.23. The van der Waals surface area contributed by atoms with E-state index in [4.69, 9.17) is 10.4 Å². The van der Waals surface area contributed by atoms with Crippen molar-refractivity contribution in [1.29, 1.82) is 5.26 Å². The van der Waals surface area contributed by atoms with Crippen LogP contribution in [0.25, 0.3) is 0 Å². The molecule has 0 aliphatic rings. The molecule has 0 spiro atoms. The van der Waals surface area contributed by atoms with Crippen molar-refractivity contribution in [3.8, 4) is 6.07 Å². The second kappa shape index (κ2) is 4.11. The molecule has 1 atom stereocenters. The fraction of sp³-hybridized carbons (Fsp3) is 0.571. The molecule has 0 fully saturated rings. The van der Waals surface area contributed by atoms with Gasteiger partial charge in [-0.25, -0.2) is 0 Å². The highest BCUT2D eigenvalue weighted by Gasteiger charge is 2.00. The monoisotopic (exact) mass is 125 g/mol. The van der Waals surface area contributed by atoms with Gasteiger partial charge in [-0.05, 0) is 18.9 Å². The maximum Gasteiger partial charge on any atom is 0.161 e. The summed E-state index contributed by atoms with van der Waals surface area (Å²) < 4.78 is 0. The largest absolute Gasteiger partial charge is 0.374 e. The van der Waals surface area contributed by atoms with E-state index in [1.54, 1.807) is 13.0 Å². The van der Waals surface area contributed by atoms with E-state index in [0.29, 0.717) is 0 Å². The van der Waals surface area contributed by atoms with Gasteiger partial charge in [0.05, 0.1) is 6.07 Å². The molecule has 0 rings (SSSR count). The van der Waals surface area contributed by atoms with Crippen molar-refractivity contribution in [3.63, 3.8) is 0 Å². The van der Waals surface area contributed by atoms with Gasteiger partial charge >= 0.3 is 0 Å². The number of nitriles is 1. The van der Waals surface area contributed by atoms with Gasteiger partial charge in [-0.2, -0.15) is 5.26 Å². The lowest BCUT2D eigenvalue weighted by Crippen LogP contribution is -2.03. The molecule has 1 N–H and O–H groups in total. The molecule has 0 heterocycles. The minimum Gasteiger partial charge on any atom is -0.374 e. The van der Waals surface area contributed by atoms with Gasteiger partial charge in [-0.15, -0.1) is 0 Å². The van der Waals surface area contributed by atoms with Gasteiger partial charge in [0, 0.05) is 0 Å². The summed E-state index contributed by atoms with van der Waals surface area (Å²) in [6.45, 7) is 3.71. The average Bonchev–Trinajstić information content (AvgIpc) is 1.87. The third-order valence-electron chi connectivity index (χ3n) is 1.08. The number of hydrogen-bond acceptors (Lipinski definition) is 2. The number of allylic oxidation sites excluding steroid dienone is 1. The molecule has 0 radical (unpaired) electrons. The summed E-state index contributed by atoms with van der Waals surface area (Å²) in [6.07, 6.45) is 1.79. The van der Waals surface area contributed by atoms with Crippen LogP contribution in [0.15, 0.2) is 11.6 Å². The third-order valence-corrected chi connectivity index (χ3v) is 1.08. The van der Waals surface area contributed by atoms with Crippen LogP contribution in [0.5, 0.6) is 0 Å². The molecule has 0 saturated heterocycles. The predicted molar refractivity (Wildman–Crippen MR) is 35.7 cm³/mol. The lowest BCUT2D eigenvalue weighted by molar-refractivity contribution is 0.265. The summed E-state index contributed by atoms with van der Waals surface area (Å²) in [5.74, 6) is 0. The summed E-state index contributed by atoms with van der Waals surface area (Å²) in [7, 11) is 0. The van der Waals surface area contributed by atoms with Crippen molar-refractivity contribution >= 4 is 0 Å². The Bertz CT molecular complexity index is 143. The lowest BCUT2D eigenvalue weighted by atomic mass is 10.1. The first-order valence-electron chi connectivity index (χ1n) is 2.96. The molecule has 0 aromatic rings. The van der Waals surface area contributed by atoms with Crippen molar-refractivity contribution in [2.45, 2.75) is 26.4 Å². The highest BCUT2D eigenvalue weighted by Crippen LogP contribution is 2.00. The van der Waals surface area contributed by atoms with Crippen LogP contribution in [0.1, 0.15) is 20.3 Å². The highest BCUT2D eigenvalue weighted by molar-refractivity contribution is 5.12. The van der Waals surface area contributed by atoms with Crippen molar-refractivity contribution in [3.05, 3.63) is 11.6 Å². The van der Waals surface area contributed by atoms with Crippen LogP contribution in [-0.2, 0) is 0 Å². The third kappa shape index (κ3) is 2.89. The molecule has 0 aliphatic heterocycles. The van der Waals surface area contributed by atoms with E-state index in [-0.39, 0.29) is 0 Å². The number of aliphatic hydroxyl groups excluding tert-OH is 1. The highest BCUT2D eigenvalue weighted by atomic mass is 16.3. The summed E-state index contributed by atoms with van der Waals surface area (Å²) >= 11 is 0. The zero-order valence-corrected chi connectivity index (χ0v) is 5.76. The van der Waals surface area contributed by atoms with Crippen molar-refractivity contribution in [2.75, 3.05) is 0 Å². The first-order valence-corrected chi connectivity index (χ1v) is 2.96. The lowest BCUT2D eigenvalue weighted by Gasteiger charge is -1.98. The van der Waals surface area contributed by atoms with Crippen LogP contribution in [0.2, 0.25) is 0 Å². The first kappa shape index (κ1) is 8.19. The second-order valence-corrected chi connectivity index (χ2v) is 1.89. The Kier molecular flexibility index (Phi) is 3.74. The summed E-state index contributed by atoms with van der Waals surface area (Å²) in [5.41, 5.74) is 0.736.